The van der Waals surface area contributed by atoms with Crippen LogP contribution in [0.15, 0.2) is 48.7 Å². The second kappa shape index (κ2) is 4.88. The monoisotopic (exact) mass is 250 g/mol. The Balaban J connectivity index is 2.06. The molecule has 2 heterocycles. The molecule has 0 bridgehead atoms. The van der Waals surface area contributed by atoms with Crippen LogP contribution >= 0.6 is 0 Å². The van der Waals surface area contributed by atoms with Crippen LogP contribution in [-0.4, -0.2) is 9.55 Å². The molecule has 3 rings (SSSR count). The quantitative estimate of drug-likeness (QED) is 0.688. The molecule has 0 aliphatic rings. The molecule has 19 heavy (non-hydrogen) atoms. The Hall–Kier alpha value is -2.09. The third-order valence-electron chi connectivity index (χ3n) is 3.53. The van der Waals surface area contributed by atoms with E-state index in [9.17, 15) is 0 Å². The highest BCUT2D eigenvalue weighted by Crippen LogP contribution is 2.21. The number of para-hydroxylation sites is 1. The van der Waals surface area contributed by atoms with E-state index in [1.165, 1.54) is 16.5 Å². The highest BCUT2D eigenvalue weighted by Gasteiger charge is 2.06. The first-order valence-electron chi connectivity index (χ1n) is 6.77. The second-order valence-electron chi connectivity index (χ2n) is 4.92. The summed E-state index contributed by atoms with van der Waals surface area (Å²) in [5.41, 5.74) is 4.93. The number of pyridine rings is 1. The fourth-order valence-electron chi connectivity index (χ4n) is 2.62. The summed E-state index contributed by atoms with van der Waals surface area (Å²) in [6.07, 6.45) is 3.22. The maximum absolute atomic E-state index is 4.59. The molecule has 2 aromatic heterocycles. The third-order valence-corrected chi connectivity index (χ3v) is 3.53. The van der Waals surface area contributed by atoms with Crippen molar-refractivity contribution in [1.82, 2.24) is 9.55 Å². The highest BCUT2D eigenvalue weighted by molar-refractivity contribution is 5.83. The molecule has 0 aliphatic heterocycles. The number of aryl methyl sites for hydroxylation is 2. The Morgan fingerprint density at radius 1 is 1.05 bits per heavy atom. The van der Waals surface area contributed by atoms with Gasteiger partial charge in [0, 0.05) is 11.9 Å². The van der Waals surface area contributed by atoms with Gasteiger partial charge in [-0.2, -0.15) is 0 Å². The molecule has 0 N–H and O–H groups in total. The molecule has 0 radical (unpaired) electrons. The number of aromatic nitrogens is 2. The smallest absolute Gasteiger partial charge is 0.0648 e. The Morgan fingerprint density at radius 3 is 2.68 bits per heavy atom. The van der Waals surface area contributed by atoms with Crippen molar-refractivity contribution in [2.24, 2.45) is 0 Å². The zero-order valence-electron chi connectivity index (χ0n) is 11.4. The number of nitrogens with zero attached hydrogens (tertiary/aromatic N) is 2. The molecular weight excluding hydrogens is 232 g/mol. The molecule has 0 saturated carbocycles. The van der Waals surface area contributed by atoms with E-state index in [-0.39, 0.29) is 0 Å². The minimum atomic E-state index is 0.836. The van der Waals surface area contributed by atoms with Gasteiger partial charge in [-0.1, -0.05) is 31.2 Å². The maximum atomic E-state index is 4.59. The lowest BCUT2D eigenvalue weighted by Crippen LogP contribution is -2.02. The van der Waals surface area contributed by atoms with Crippen molar-refractivity contribution >= 4 is 10.9 Å². The summed E-state index contributed by atoms with van der Waals surface area (Å²) >= 11 is 0. The highest BCUT2D eigenvalue weighted by atomic mass is 15.0. The standard InChI is InChI=1S/C17H18N2/c1-3-14-7-5-8-15-10-11-19(17(14)15)12-16-9-4-6-13(2)18-16/h4-11H,3,12H2,1-2H3. The molecule has 0 aliphatic carbocycles. The zero-order chi connectivity index (χ0) is 13.2. The molecule has 0 amide bonds. The van der Waals surface area contributed by atoms with E-state index in [0.717, 1.165) is 24.4 Å². The van der Waals surface area contributed by atoms with Crippen LogP contribution in [0.4, 0.5) is 0 Å². The minimum Gasteiger partial charge on any atom is -0.341 e. The van der Waals surface area contributed by atoms with Crippen LogP contribution in [0, 0.1) is 6.92 Å². The van der Waals surface area contributed by atoms with Gasteiger partial charge in [0.25, 0.3) is 0 Å². The average Bonchev–Trinajstić information content (AvgIpc) is 2.82. The van der Waals surface area contributed by atoms with Crippen LogP contribution < -0.4 is 0 Å². The van der Waals surface area contributed by atoms with Gasteiger partial charge in [0.15, 0.2) is 0 Å². The Morgan fingerprint density at radius 2 is 1.89 bits per heavy atom. The second-order valence-corrected chi connectivity index (χ2v) is 4.92. The molecule has 3 aromatic rings. The van der Waals surface area contributed by atoms with Crippen LogP contribution in [-0.2, 0) is 13.0 Å². The molecule has 0 fully saturated rings. The normalized spacial score (nSPS) is 11.1. The fourth-order valence-corrected chi connectivity index (χ4v) is 2.62. The molecule has 1 aromatic carbocycles. The Labute approximate surface area is 113 Å². The van der Waals surface area contributed by atoms with Crippen LogP contribution in [0.5, 0.6) is 0 Å². The van der Waals surface area contributed by atoms with Gasteiger partial charge < -0.3 is 4.57 Å². The summed E-state index contributed by atoms with van der Waals surface area (Å²) in [5.74, 6) is 0. The van der Waals surface area contributed by atoms with E-state index in [0.29, 0.717) is 0 Å². The summed E-state index contributed by atoms with van der Waals surface area (Å²) < 4.78 is 2.30. The van der Waals surface area contributed by atoms with Gasteiger partial charge in [0.1, 0.15) is 0 Å². The van der Waals surface area contributed by atoms with E-state index in [1.54, 1.807) is 0 Å². The van der Waals surface area contributed by atoms with Gasteiger partial charge in [-0.15, -0.1) is 0 Å². The molecule has 2 heteroatoms. The molecular formula is C17H18N2. The predicted molar refractivity (Wildman–Crippen MR) is 79.4 cm³/mol. The van der Waals surface area contributed by atoms with Crippen molar-refractivity contribution in [3.05, 3.63) is 65.6 Å². The van der Waals surface area contributed by atoms with Crippen LogP contribution in [0.25, 0.3) is 10.9 Å². The molecule has 0 saturated heterocycles. The largest absolute Gasteiger partial charge is 0.341 e. The van der Waals surface area contributed by atoms with Crippen LogP contribution in [0.3, 0.4) is 0 Å². The lowest BCUT2D eigenvalue weighted by molar-refractivity contribution is 0.798. The van der Waals surface area contributed by atoms with Crippen molar-refractivity contribution in [3.8, 4) is 0 Å². The van der Waals surface area contributed by atoms with Gasteiger partial charge in [0.05, 0.1) is 17.8 Å². The Kier molecular flexibility index (Phi) is 3.08. The van der Waals surface area contributed by atoms with E-state index >= 15 is 0 Å². The van der Waals surface area contributed by atoms with Crippen molar-refractivity contribution in [2.75, 3.05) is 0 Å². The van der Waals surface area contributed by atoms with Crippen molar-refractivity contribution < 1.29 is 0 Å². The first-order valence-corrected chi connectivity index (χ1v) is 6.77. The van der Waals surface area contributed by atoms with Gasteiger partial charge in [-0.3, -0.25) is 4.98 Å². The molecule has 96 valence electrons. The summed E-state index contributed by atoms with van der Waals surface area (Å²) in [6, 6.07) is 14.9. The van der Waals surface area contributed by atoms with Crippen LogP contribution in [0.2, 0.25) is 0 Å². The lowest BCUT2D eigenvalue weighted by Gasteiger charge is -2.09. The average molecular weight is 250 g/mol. The van der Waals surface area contributed by atoms with Crippen LogP contribution in [0.1, 0.15) is 23.9 Å². The first kappa shape index (κ1) is 12.0. The topological polar surface area (TPSA) is 17.8 Å². The molecule has 0 spiro atoms. The Bertz CT molecular complexity index is 710. The molecule has 0 unspecified atom stereocenters. The summed E-state index contributed by atoms with van der Waals surface area (Å²) in [7, 11) is 0. The molecule has 0 atom stereocenters. The van der Waals surface area contributed by atoms with Gasteiger partial charge in [0.2, 0.25) is 0 Å². The third kappa shape index (κ3) is 2.26. The number of benzene rings is 1. The van der Waals surface area contributed by atoms with Gasteiger partial charge >= 0.3 is 0 Å². The summed E-state index contributed by atoms with van der Waals surface area (Å²) in [5, 5.41) is 1.31. The van der Waals surface area contributed by atoms with Crippen molar-refractivity contribution in [2.45, 2.75) is 26.8 Å². The van der Waals surface area contributed by atoms with Gasteiger partial charge in [-0.25, -0.2) is 0 Å². The predicted octanol–water partition coefficient (Wildman–Crippen LogP) is 3.96. The summed E-state index contributed by atoms with van der Waals surface area (Å²) in [4.78, 5) is 4.59. The minimum absolute atomic E-state index is 0.836. The van der Waals surface area contributed by atoms with Gasteiger partial charge in [-0.05, 0) is 42.5 Å². The van der Waals surface area contributed by atoms with Crippen molar-refractivity contribution in [3.63, 3.8) is 0 Å². The van der Waals surface area contributed by atoms with E-state index in [1.807, 2.05) is 13.0 Å². The number of hydrogen-bond acceptors (Lipinski definition) is 1. The SMILES string of the molecule is CCc1cccc2ccn(Cc3cccc(C)n3)c12. The number of hydrogen-bond donors (Lipinski definition) is 0. The number of fused-ring (bicyclic) bond motifs is 1. The van der Waals surface area contributed by atoms with E-state index in [4.69, 9.17) is 0 Å². The van der Waals surface area contributed by atoms with E-state index in [2.05, 4.69) is 59.1 Å². The zero-order valence-corrected chi connectivity index (χ0v) is 11.4. The number of rotatable bonds is 3. The van der Waals surface area contributed by atoms with E-state index < -0.39 is 0 Å². The first-order chi connectivity index (χ1) is 9.28. The molecule has 2 nitrogen and oxygen atoms in total. The van der Waals surface area contributed by atoms with Crippen molar-refractivity contribution in [1.29, 1.82) is 0 Å². The lowest BCUT2D eigenvalue weighted by atomic mass is 10.1. The summed E-state index contributed by atoms with van der Waals surface area (Å²) in [6.45, 7) is 5.08. The fraction of sp³-hybridized carbons (Fsp3) is 0.235. The maximum Gasteiger partial charge on any atom is 0.0648 e.